The predicted octanol–water partition coefficient (Wildman–Crippen LogP) is 4.48. The highest BCUT2D eigenvalue weighted by atomic mass is 32.1. The molecule has 0 saturated heterocycles. The highest BCUT2D eigenvalue weighted by molar-refractivity contribution is 7.14. The molecule has 1 unspecified atom stereocenters. The number of anilines is 2. The van der Waals surface area contributed by atoms with Crippen LogP contribution in [0.2, 0.25) is 0 Å². The summed E-state index contributed by atoms with van der Waals surface area (Å²) in [4.78, 5) is 30.6. The first-order valence-electron chi connectivity index (χ1n) is 9.63. The van der Waals surface area contributed by atoms with Gasteiger partial charge in [0.1, 0.15) is 5.75 Å². The van der Waals surface area contributed by atoms with E-state index >= 15 is 0 Å². The van der Waals surface area contributed by atoms with E-state index in [9.17, 15) is 9.59 Å². The zero-order valence-corrected chi connectivity index (χ0v) is 17.3. The van der Waals surface area contributed by atoms with Gasteiger partial charge in [-0.15, -0.1) is 11.3 Å². The molecule has 1 N–H and O–H groups in total. The van der Waals surface area contributed by atoms with Crippen LogP contribution in [-0.4, -0.2) is 23.4 Å². The molecule has 3 aromatic rings. The molecule has 0 radical (unpaired) electrons. The van der Waals surface area contributed by atoms with E-state index in [1.165, 1.54) is 24.3 Å². The number of nitrogens with one attached hydrogen (secondary N) is 1. The van der Waals surface area contributed by atoms with Crippen LogP contribution in [0, 0.1) is 0 Å². The predicted molar refractivity (Wildman–Crippen MR) is 118 cm³/mol. The van der Waals surface area contributed by atoms with Crippen molar-refractivity contribution in [2.24, 2.45) is 0 Å². The average Bonchev–Trinajstić information content (AvgIpc) is 3.21. The Hall–Kier alpha value is -3.45. The van der Waals surface area contributed by atoms with Crippen LogP contribution in [0.1, 0.15) is 30.6 Å². The molecule has 6 nitrogen and oxygen atoms in total. The van der Waals surface area contributed by atoms with Crippen LogP contribution in [0.3, 0.4) is 0 Å². The molecule has 2 aromatic carbocycles. The van der Waals surface area contributed by atoms with Gasteiger partial charge in [-0.25, -0.2) is 4.98 Å². The third-order valence-electron chi connectivity index (χ3n) is 4.71. The van der Waals surface area contributed by atoms with E-state index < -0.39 is 0 Å². The second-order valence-corrected chi connectivity index (χ2v) is 7.65. The van der Waals surface area contributed by atoms with E-state index in [1.807, 2.05) is 60.0 Å². The van der Waals surface area contributed by atoms with Gasteiger partial charge in [0.15, 0.2) is 5.13 Å². The number of nitrogens with zero attached hydrogens (tertiary/aromatic N) is 2. The van der Waals surface area contributed by atoms with Gasteiger partial charge in [0.2, 0.25) is 11.8 Å². The normalized spacial score (nSPS) is 15.3. The Labute approximate surface area is 178 Å². The van der Waals surface area contributed by atoms with Crippen molar-refractivity contribution in [2.75, 3.05) is 11.5 Å². The lowest BCUT2D eigenvalue weighted by Crippen LogP contribution is -2.30. The van der Waals surface area contributed by atoms with Gasteiger partial charge in [0, 0.05) is 30.4 Å². The summed E-state index contributed by atoms with van der Waals surface area (Å²) < 4.78 is 5.64. The molecular formula is C23H21N3O3S. The lowest BCUT2D eigenvalue weighted by molar-refractivity contribution is -0.117. The zero-order chi connectivity index (χ0) is 20.9. The molecule has 152 valence electrons. The van der Waals surface area contributed by atoms with Gasteiger partial charge in [-0.05, 0) is 24.3 Å². The second kappa shape index (κ2) is 8.92. The molecule has 1 atom stereocenters. The number of ether oxygens (including phenoxy) is 1. The lowest BCUT2D eigenvalue weighted by Gasteiger charge is -2.26. The molecule has 0 bridgehead atoms. The minimum absolute atomic E-state index is 0.0793. The number of benzene rings is 2. The summed E-state index contributed by atoms with van der Waals surface area (Å²) in [6.07, 6.45) is 3.85. The third kappa shape index (κ3) is 4.41. The third-order valence-corrected chi connectivity index (χ3v) is 5.55. The first-order chi connectivity index (χ1) is 14.6. The molecule has 7 heteroatoms. The molecule has 1 aliphatic heterocycles. The van der Waals surface area contributed by atoms with E-state index in [0.717, 1.165) is 23.4 Å². The van der Waals surface area contributed by atoms with E-state index in [-0.39, 0.29) is 17.9 Å². The molecule has 0 saturated carbocycles. The van der Waals surface area contributed by atoms with Crippen molar-refractivity contribution >= 4 is 40.0 Å². The summed E-state index contributed by atoms with van der Waals surface area (Å²) in [6.45, 7) is 2.07. The highest BCUT2D eigenvalue weighted by Crippen LogP contribution is 2.32. The number of rotatable bonds is 5. The van der Waals surface area contributed by atoms with Crippen molar-refractivity contribution in [3.63, 3.8) is 0 Å². The number of para-hydroxylation sites is 2. The molecule has 30 heavy (non-hydrogen) atoms. The van der Waals surface area contributed by atoms with Crippen molar-refractivity contribution in [2.45, 2.75) is 19.4 Å². The Morgan fingerprint density at radius 1 is 1.17 bits per heavy atom. The number of fused-ring (bicyclic) bond motifs is 1. The van der Waals surface area contributed by atoms with Crippen LogP contribution in [0.5, 0.6) is 5.75 Å². The SMILES string of the molecule is CC(=O)N(c1ccccc1)c1nc(/C=C/C(=O)NC2CCOc3ccccc32)cs1. The van der Waals surface area contributed by atoms with Gasteiger partial charge in [-0.2, -0.15) is 0 Å². The number of amides is 2. The monoisotopic (exact) mass is 419 g/mol. The van der Waals surface area contributed by atoms with E-state index in [1.54, 1.807) is 11.0 Å². The first-order valence-corrected chi connectivity index (χ1v) is 10.5. The topological polar surface area (TPSA) is 71.5 Å². The van der Waals surface area contributed by atoms with Gasteiger partial charge < -0.3 is 10.1 Å². The number of carbonyl (C=O) groups excluding carboxylic acids is 2. The first kappa shape index (κ1) is 19.8. The largest absolute Gasteiger partial charge is 0.493 e. The van der Waals surface area contributed by atoms with Crippen LogP contribution in [-0.2, 0) is 9.59 Å². The molecule has 2 amide bonds. The molecule has 2 heterocycles. The fourth-order valence-electron chi connectivity index (χ4n) is 3.33. The molecule has 0 aliphatic carbocycles. The maximum Gasteiger partial charge on any atom is 0.244 e. The smallest absolute Gasteiger partial charge is 0.244 e. The lowest BCUT2D eigenvalue weighted by atomic mass is 10.0. The number of aromatic nitrogens is 1. The Morgan fingerprint density at radius 2 is 1.93 bits per heavy atom. The Morgan fingerprint density at radius 3 is 2.73 bits per heavy atom. The van der Waals surface area contributed by atoms with Gasteiger partial charge >= 0.3 is 0 Å². The molecule has 1 aromatic heterocycles. The van der Waals surface area contributed by atoms with E-state index in [4.69, 9.17) is 4.74 Å². The van der Waals surface area contributed by atoms with Crippen molar-refractivity contribution in [3.8, 4) is 5.75 Å². The van der Waals surface area contributed by atoms with Crippen LogP contribution in [0.25, 0.3) is 6.08 Å². The number of hydrogen-bond donors (Lipinski definition) is 1. The quantitative estimate of drug-likeness (QED) is 0.619. The van der Waals surface area contributed by atoms with Crippen molar-refractivity contribution in [3.05, 3.63) is 77.3 Å². The van der Waals surface area contributed by atoms with Crippen molar-refractivity contribution in [1.29, 1.82) is 0 Å². The van der Waals surface area contributed by atoms with Crippen LogP contribution in [0.4, 0.5) is 10.8 Å². The van der Waals surface area contributed by atoms with E-state index in [2.05, 4.69) is 10.3 Å². The Kier molecular flexibility index (Phi) is 5.90. The summed E-state index contributed by atoms with van der Waals surface area (Å²) in [7, 11) is 0. The van der Waals surface area contributed by atoms with E-state index in [0.29, 0.717) is 17.4 Å². The maximum absolute atomic E-state index is 12.4. The maximum atomic E-state index is 12.4. The zero-order valence-electron chi connectivity index (χ0n) is 16.4. The summed E-state index contributed by atoms with van der Waals surface area (Å²) in [5.41, 5.74) is 2.37. The van der Waals surface area contributed by atoms with Gasteiger partial charge in [-0.1, -0.05) is 36.4 Å². The van der Waals surface area contributed by atoms with Crippen LogP contribution in [0.15, 0.2) is 66.1 Å². The van der Waals surface area contributed by atoms with Crippen LogP contribution >= 0.6 is 11.3 Å². The minimum atomic E-state index is -0.197. The fraction of sp³-hybridized carbons (Fsp3) is 0.174. The summed E-state index contributed by atoms with van der Waals surface area (Å²) in [6, 6.07) is 17.0. The second-order valence-electron chi connectivity index (χ2n) is 6.81. The van der Waals surface area contributed by atoms with Crippen LogP contribution < -0.4 is 15.0 Å². The molecule has 0 fully saturated rings. The van der Waals surface area contributed by atoms with Gasteiger partial charge in [0.05, 0.1) is 24.0 Å². The highest BCUT2D eigenvalue weighted by Gasteiger charge is 2.22. The average molecular weight is 420 g/mol. The molecule has 4 rings (SSSR count). The number of carbonyl (C=O) groups is 2. The number of thiazole rings is 1. The Bertz CT molecular complexity index is 1080. The number of hydrogen-bond acceptors (Lipinski definition) is 5. The van der Waals surface area contributed by atoms with Gasteiger partial charge in [-0.3, -0.25) is 14.5 Å². The minimum Gasteiger partial charge on any atom is -0.493 e. The van der Waals surface area contributed by atoms with Crippen molar-refractivity contribution < 1.29 is 14.3 Å². The van der Waals surface area contributed by atoms with Gasteiger partial charge in [0.25, 0.3) is 0 Å². The molecular weight excluding hydrogens is 398 g/mol. The molecule has 1 aliphatic rings. The molecule has 0 spiro atoms. The summed E-state index contributed by atoms with van der Waals surface area (Å²) in [5, 5.41) is 5.41. The standard InChI is InChI=1S/C23H21N3O3S/c1-16(27)26(18-7-3-2-4-8-18)23-24-17(15-30-23)11-12-22(28)25-20-13-14-29-21-10-6-5-9-19(20)21/h2-12,15,20H,13-14H2,1H3,(H,25,28)/b12-11+. The Balaban J connectivity index is 1.45. The summed E-state index contributed by atoms with van der Waals surface area (Å²) in [5.74, 6) is 0.493. The fourth-order valence-corrected chi connectivity index (χ4v) is 4.19. The summed E-state index contributed by atoms with van der Waals surface area (Å²) >= 11 is 1.35. The van der Waals surface area contributed by atoms with Crippen molar-refractivity contribution in [1.82, 2.24) is 10.3 Å².